The highest BCUT2D eigenvalue weighted by Gasteiger charge is 2.21. The monoisotopic (exact) mass is 259 g/mol. The first-order valence-electron chi connectivity index (χ1n) is 4.11. The molecule has 0 aromatic carbocycles. The second-order valence-electron chi connectivity index (χ2n) is 2.55. The lowest BCUT2D eigenvalue weighted by Crippen LogP contribution is -2.12. The van der Waals surface area contributed by atoms with Crippen LogP contribution in [0, 0.1) is 0 Å². The average molecular weight is 259 g/mol. The molecule has 10 nitrogen and oxygen atoms in total. The van der Waals surface area contributed by atoms with Gasteiger partial charge in [-0.15, -0.1) is 0 Å². The van der Waals surface area contributed by atoms with Gasteiger partial charge in [-0.3, -0.25) is 0 Å². The van der Waals surface area contributed by atoms with E-state index in [9.17, 15) is 14.4 Å². The molecule has 0 aliphatic rings. The molecule has 0 amide bonds. The lowest BCUT2D eigenvalue weighted by Gasteiger charge is -2.09. The van der Waals surface area contributed by atoms with Crippen molar-refractivity contribution < 1.29 is 43.9 Å². The highest BCUT2D eigenvalue weighted by molar-refractivity contribution is 5.70. The Kier molecular flexibility index (Phi) is 3.86. The van der Waals surface area contributed by atoms with E-state index in [0.29, 0.717) is 0 Å². The van der Waals surface area contributed by atoms with Crippen molar-refractivity contribution in [2.75, 3.05) is 0 Å². The molecule has 1 rings (SSSR count). The third kappa shape index (κ3) is 3.52. The Labute approximate surface area is 98.0 Å². The summed E-state index contributed by atoms with van der Waals surface area (Å²) in [5, 5.41) is 25.2. The predicted molar refractivity (Wildman–Crippen MR) is 50.2 cm³/mol. The minimum Gasteiger partial charge on any atom is -0.449 e. The maximum Gasteiger partial charge on any atom is 0.512 e. The van der Waals surface area contributed by atoms with Gasteiger partial charge < -0.3 is 29.5 Å². The Balaban J connectivity index is 3.19. The van der Waals surface area contributed by atoms with Gasteiger partial charge >= 0.3 is 18.5 Å². The van der Waals surface area contributed by atoms with Crippen molar-refractivity contribution in [2.45, 2.75) is 0 Å². The molecule has 0 spiro atoms. The Hall–Kier alpha value is -3.04. The van der Waals surface area contributed by atoms with Crippen LogP contribution in [-0.2, 0) is 0 Å². The van der Waals surface area contributed by atoms with E-state index in [1.54, 1.807) is 0 Å². The molecule has 0 saturated heterocycles. The minimum absolute atomic E-state index is 0.573. The zero-order valence-corrected chi connectivity index (χ0v) is 8.39. The first-order chi connectivity index (χ1) is 8.40. The minimum atomic E-state index is -1.83. The molecule has 0 saturated carbocycles. The van der Waals surface area contributed by atoms with Gasteiger partial charge in [-0.2, -0.15) is 0 Å². The molecule has 0 bridgehead atoms. The number of hydrogen-bond acceptors (Lipinski definition) is 7. The number of pyridine rings is 1. The number of carboxylic acid groups (broad SMARTS) is 3. The van der Waals surface area contributed by atoms with Gasteiger partial charge in [0.2, 0.25) is 5.75 Å². The molecule has 96 valence electrons. The molecular weight excluding hydrogens is 254 g/mol. The van der Waals surface area contributed by atoms with Crippen LogP contribution < -0.4 is 14.2 Å². The third-order valence-electron chi connectivity index (χ3n) is 1.41. The largest absolute Gasteiger partial charge is 0.512 e. The Morgan fingerprint density at radius 3 is 2.00 bits per heavy atom. The van der Waals surface area contributed by atoms with E-state index >= 15 is 0 Å². The molecular formula is C8H5NO9. The average Bonchev–Trinajstić information content (AvgIpc) is 2.20. The van der Waals surface area contributed by atoms with Gasteiger partial charge in [0.05, 0.1) is 0 Å². The lowest BCUT2D eigenvalue weighted by molar-refractivity contribution is 0.125. The normalized spacial score (nSPS) is 9.33. The van der Waals surface area contributed by atoms with E-state index in [2.05, 4.69) is 19.2 Å². The van der Waals surface area contributed by atoms with Gasteiger partial charge in [0.1, 0.15) is 0 Å². The van der Waals surface area contributed by atoms with Crippen molar-refractivity contribution in [1.29, 1.82) is 0 Å². The van der Waals surface area contributed by atoms with E-state index in [1.807, 2.05) is 0 Å². The summed E-state index contributed by atoms with van der Waals surface area (Å²) in [6.07, 6.45) is -4.41. The number of hydrogen-bond donors (Lipinski definition) is 3. The van der Waals surface area contributed by atoms with E-state index in [-0.39, 0.29) is 0 Å². The number of rotatable bonds is 3. The molecule has 0 aliphatic carbocycles. The SMILES string of the molecule is O=C(O)Oc1ccnc(OC(=O)O)c1OC(=O)O. The quantitative estimate of drug-likeness (QED) is 0.675. The summed E-state index contributed by atoms with van der Waals surface area (Å²) in [6, 6.07) is 0.959. The third-order valence-corrected chi connectivity index (χ3v) is 1.41. The Morgan fingerprint density at radius 2 is 1.50 bits per heavy atom. The first-order valence-corrected chi connectivity index (χ1v) is 4.11. The van der Waals surface area contributed by atoms with Crippen molar-refractivity contribution in [3.05, 3.63) is 12.3 Å². The summed E-state index contributed by atoms with van der Waals surface area (Å²) < 4.78 is 12.5. The summed E-state index contributed by atoms with van der Waals surface area (Å²) in [5.41, 5.74) is 0. The van der Waals surface area contributed by atoms with Crippen LogP contribution in [0.15, 0.2) is 12.3 Å². The molecule has 0 radical (unpaired) electrons. The second-order valence-corrected chi connectivity index (χ2v) is 2.55. The van der Waals surface area contributed by atoms with Crippen molar-refractivity contribution in [3.63, 3.8) is 0 Å². The molecule has 1 aromatic heterocycles. The maximum absolute atomic E-state index is 10.4. The molecule has 1 aromatic rings. The van der Waals surface area contributed by atoms with Crippen molar-refractivity contribution in [3.8, 4) is 17.4 Å². The molecule has 0 atom stereocenters. The zero-order chi connectivity index (χ0) is 13.7. The lowest BCUT2D eigenvalue weighted by atomic mass is 10.4. The van der Waals surface area contributed by atoms with E-state index < -0.39 is 35.8 Å². The van der Waals surface area contributed by atoms with Crippen molar-refractivity contribution >= 4 is 18.5 Å². The van der Waals surface area contributed by atoms with Crippen LogP contribution >= 0.6 is 0 Å². The van der Waals surface area contributed by atoms with Gasteiger partial charge in [0.15, 0.2) is 5.75 Å². The van der Waals surface area contributed by atoms with Crippen LogP contribution in [0.3, 0.4) is 0 Å². The van der Waals surface area contributed by atoms with Crippen LogP contribution in [-0.4, -0.2) is 38.8 Å². The smallest absolute Gasteiger partial charge is 0.449 e. The zero-order valence-electron chi connectivity index (χ0n) is 8.39. The molecule has 10 heteroatoms. The summed E-state index contributed by atoms with van der Waals surface area (Å²) >= 11 is 0. The Morgan fingerprint density at radius 1 is 0.944 bits per heavy atom. The van der Waals surface area contributed by atoms with Gasteiger partial charge in [-0.1, -0.05) is 0 Å². The van der Waals surface area contributed by atoms with E-state index in [0.717, 1.165) is 12.3 Å². The number of carbonyl (C=O) groups is 3. The van der Waals surface area contributed by atoms with Gasteiger partial charge in [0, 0.05) is 12.3 Å². The first kappa shape index (κ1) is 13.0. The molecule has 0 unspecified atom stereocenters. The molecule has 0 fully saturated rings. The number of aromatic nitrogens is 1. The molecule has 1 heterocycles. The van der Waals surface area contributed by atoms with Crippen LogP contribution in [0.25, 0.3) is 0 Å². The van der Waals surface area contributed by atoms with Crippen molar-refractivity contribution in [2.24, 2.45) is 0 Å². The number of nitrogens with zero attached hydrogens (tertiary/aromatic N) is 1. The maximum atomic E-state index is 10.4. The fourth-order valence-corrected chi connectivity index (χ4v) is 0.923. The topological polar surface area (TPSA) is 152 Å². The van der Waals surface area contributed by atoms with Gasteiger partial charge in [-0.05, 0) is 0 Å². The van der Waals surface area contributed by atoms with E-state index in [1.165, 1.54) is 0 Å². The van der Waals surface area contributed by atoms with E-state index in [4.69, 9.17) is 15.3 Å². The second kappa shape index (κ2) is 5.34. The summed E-state index contributed by atoms with van der Waals surface area (Å²) in [7, 11) is 0. The Bertz CT molecular complexity index is 463. The standard InChI is InChI=1S/C8H5NO9/c10-6(11)16-3-1-2-9-5(18-8(14)15)4(3)17-7(12)13/h1-2H,(H,10,11)(H,12,13)(H,14,15). The van der Waals surface area contributed by atoms with Crippen LogP contribution in [0.2, 0.25) is 0 Å². The fraction of sp³-hybridized carbons (Fsp3) is 0. The summed E-state index contributed by atoms with van der Waals surface area (Å²) in [5.74, 6) is -2.12. The van der Waals surface area contributed by atoms with Gasteiger partial charge in [-0.25, -0.2) is 19.4 Å². The van der Waals surface area contributed by atoms with Crippen LogP contribution in [0.4, 0.5) is 14.4 Å². The molecule has 18 heavy (non-hydrogen) atoms. The molecule has 0 aliphatic heterocycles. The summed E-state index contributed by atoms with van der Waals surface area (Å²) in [4.78, 5) is 34.4. The van der Waals surface area contributed by atoms with Crippen LogP contribution in [0.1, 0.15) is 0 Å². The van der Waals surface area contributed by atoms with Crippen molar-refractivity contribution in [1.82, 2.24) is 4.98 Å². The highest BCUT2D eigenvalue weighted by atomic mass is 16.7. The summed E-state index contributed by atoms with van der Waals surface area (Å²) in [6.45, 7) is 0. The highest BCUT2D eigenvalue weighted by Crippen LogP contribution is 2.35. The molecule has 3 N–H and O–H groups in total. The fourth-order valence-electron chi connectivity index (χ4n) is 0.923. The predicted octanol–water partition coefficient (Wildman–Crippen LogP) is 1.25. The number of ether oxygens (including phenoxy) is 3. The van der Waals surface area contributed by atoms with Crippen LogP contribution in [0.5, 0.6) is 17.4 Å². The van der Waals surface area contributed by atoms with Gasteiger partial charge in [0.25, 0.3) is 5.88 Å².